The summed E-state index contributed by atoms with van der Waals surface area (Å²) < 4.78 is 48.6. The molecule has 3 aromatic rings. The predicted octanol–water partition coefficient (Wildman–Crippen LogP) is 3.63. The minimum atomic E-state index is -3.82. The zero-order valence-corrected chi connectivity index (χ0v) is 19.7. The molecule has 1 saturated heterocycles. The third kappa shape index (κ3) is 3.56. The number of ketones is 1. The molecule has 0 N–H and O–H groups in total. The molecule has 0 amide bonds. The number of sulfonamides is 1. The van der Waals surface area contributed by atoms with E-state index in [4.69, 9.17) is 4.74 Å². The molecule has 34 heavy (non-hydrogen) atoms. The number of piperidine rings is 1. The van der Waals surface area contributed by atoms with Crippen molar-refractivity contribution in [3.05, 3.63) is 77.4 Å². The highest BCUT2D eigenvalue weighted by Gasteiger charge is 2.49. The SMILES string of the molecule is COc1cccc(S(=O)(=O)N2CCC3=Cc4c(cnn4-c4ccc(F)cc4)C[C@]3(C(C)=O)C2)c1. The number of nitrogens with zero attached hydrogens (tertiary/aromatic N) is 3. The summed E-state index contributed by atoms with van der Waals surface area (Å²) in [5.41, 5.74) is 2.35. The average Bonchev–Trinajstić information content (AvgIpc) is 3.24. The van der Waals surface area contributed by atoms with E-state index in [2.05, 4.69) is 5.10 Å². The maximum atomic E-state index is 13.4. The van der Waals surface area contributed by atoms with Gasteiger partial charge in [0.05, 0.1) is 35.0 Å². The molecule has 176 valence electrons. The first-order chi connectivity index (χ1) is 16.2. The smallest absolute Gasteiger partial charge is 0.243 e. The summed E-state index contributed by atoms with van der Waals surface area (Å²) in [5, 5.41) is 4.47. The highest BCUT2D eigenvalue weighted by Crippen LogP contribution is 2.46. The van der Waals surface area contributed by atoms with E-state index in [0.29, 0.717) is 24.3 Å². The van der Waals surface area contributed by atoms with Crippen molar-refractivity contribution in [1.82, 2.24) is 14.1 Å². The fourth-order valence-electron chi connectivity index (χ4n) is 4.88. The number of ether oxygens (including phenoxy) is 1. The summed E-state index contributed by atoms with van der Waals surface area (Å²) in [5.74, 6) is 0.0447. The Labute approximate surface area is 197 Å². The Morgan fingerprint density at radius 1 is 1.18 bits per heavy atom. The highest BCUT2D eigenvalue weighted by molar-refractivity contribution is 7.89. The number of hydrogen-bond acceptors (Lipinski definition) is 5. The van der Waals surface area contributed by atoms with Crippen LogP contribution in [0.5, 0.6) is 5.75 Å². The van der Waals surface area contributed by atoms with Gasteiger partial charge in [-0.1, -0.05) is 11.6 Å². The van der Waals surface area contributed by atoms with Gasteiger partial charge >= 0.3 is 0 Å². The first-order valence-corrected chi connectivity index (χ1v) is 12.4. The van der Waals surface area contributed by atoms with Gasteiger partial charge in [0, 0.05) is 19.2 Å². The van der Waals surface area contributed by atoms with Gasteiger partial charge in [0.2, 0.25) is 10.0 Å². The van der Waals surface area contributed by atoms with E-state index in [-0.39, 0.29) is 29.6 Å². The largest absolute Gasteiger partial charge is 0.497 e. The van der Waals surface area contributed by atoms with Crippen molar-refractivity contribution >= 4 is 21.9 Å². The molecule has 0 radical (unpaired) electrons. The van der Waals surface area contributed by atoms with Crippen molar-refractivity contribution in [3.8, 4) is 11.4 Å². The van der Waals surface area contributed by atoms with Crippen LogP contribution in [0, 0.1) is 11.2 Å². The number of methoxy groups -OCH3 is 1. The van der Waals surface area contributed by atoms with Crippen LogP contribution in [-0.4, -0.2) is 48.5 Å². The second kappa shape index (κ2) is 8.18. The Kier molecular flexibility index (Phi) is 5.41. The lowest BCUT2D eigenvalue weighted by atomic mass is 9.66. The zero-order valence-electron chi connectivity index (χ0n) is 18.9. The molecule has 1 atom stereocenters. The first-order valence-electron chi connectivity index (χ1n) is 10.9. The van der Waals surface area contributed by atoms with Crippen LogP contribution >= 0.6 is 0 Å². The molecule has 0 bridgehead atoms. The van der Waals surface area contributed by atoms with E-state index < -0.39 is 15.4 Å². The number of benzene rings is 2. The standard InChI is InChI=1S/C25H24FN3O4S/c1-17(30)25-14-18-15-27-29(21-8-6-20(26)7-9-21)24(18)12-19(25)10-11-28(16-25)34(31,32)23-5-3-4-22(13-23)33-2/h3-9,12-13,15H,10-11,14,16H2,1-2H3/t25-/m1/s1. The molecule has 1 aliphatic heterocycles. The normalized spacial score (nSPS) is 20.3. The van der Waals surface area contributed by atoms with Crippen molar-refractivity contribution in [2.75, 3.05) is 20.2 Å². The molecule has 1 aromatic heterocycles. The number of rotatable bonds is 5. The van der Waals surface area contributed by atoms with Crippen LogP contribution in [0.1, 0.15) is 24.6 Å². The van der Waals surface area contributed by atoms with Crippen molar-refractivity contribution in [2.24, 2.45) is 5.41 Å². The van der Waals surface area contributed by atoms with Gasteiger partial charge in [-0.15, -0.1) is 0 Å². The van der Waals surface area contributed by atoms with E-state index in [9.17, 15) is 17.6 Å². The van der Waals surface area contributed by atoms with Gasteiger partial charge in [-0.25, -0.2) is 17.5 Å². The molecule has 0 saturated carbocycles. The second-order valence-electron chi connectivity index (χ2n) is 8.70. The van der Waals surface area contributed by atoms with Gasteiger partial charge in [-0.3, -0.25) is 4.79 Å². The van der Waals surface area contributed by atoms with Crippen LogP contribution in [-0.2, 0) is 21.2 Å². The van der Waals surface area contributed by atoms with Gasteiger partial charge in [0.15, 0.2) is 0 Å². The molecule has 9 heteroatoms. The van der Waals surface area contributed by atoms with Crippen LogP contribution in [0.2, 0.25) is 0 Å². The van der Waals surface area contributed by atoms with Crippen molar-refractivity contribution in [1.29, 1.82) is 0 Å². The molecular formula is C25H24FN3O4S. The van der Waals surface area contributed by atoms with E-state index in [0.717, 1.165) is 16.8 Å². The number of halogens is 1. The summed E-state index contributed by atoms with van der Waals surface area (Å²) in [7, 11) is -2.33. The number of Topliss-reactive ketones (excluding diaryl/α,β-unsaturated/α-hetero) is 1. The van der Waals surface area contributed by atoms with Crippen LogP contribution in [0.25, 0.3) is 11.8 Å². The molecule has 2 aliphatic rings. The van der Waals surface area contributed by atoms with Gasteiger partial charge in [0.1, 0.15) is 17.3 Å². The molecule has 0 unspecified atom stereocenters. The molecule has 2 aromatic carbocycles. The van der Waals surface area contributed by atoms with Crippen LogP contribution in [0.4, 0.5) is 4.39 Å². The third-order valence-electron chi connectivity index (χ3n) is 6.80. The fourth-order valence-corrected chi connectivity index (χ4v) is 6.42. The summed E-state index contributed by atoms with van der Waals surface area (Å²) in [6.45, 7) is 1.85. The Bertz CT molecular complexity index is 1410. The Hall–Kier alpha value is -3.30. The molecule has 2 heterocycles. The Morgan fingerprint density at radius 2 is 1.94 bits per heavy atom. The lowest BCUT2D eigenvalue weighted by Gasteiger charge is -2.44. The highest BCUT2D eigenvalue weighted by atomic mass is 32.2. The fraction of sp³-hybridized carbons (Fsp3) is 0.280. The van der Waals surface area contributed by atoms with E-state index in [1.165, 1.54) is 42.6 Å². The first kappa shape index (κ1) is 22.5. The molecular weight excluding hydrogens is 457 g/mol. The van der Waals surface area contributed by atoms with E-state index in [1.54, 1.807) is 35.1 Å². The predicted molar refractivity (Wildman–Crippen MR) is 125 cm³/mol. The minimum Gasteiger partial charge on any atom is -0.497 e. The van der Waals surface area contributed by atoms with E-state index >= 15 is 0 Å². The van der Waals surface area contributed by atoms with Gasteiger partial charge < -0.3 is 4.74 Å². The quantitative estimate of drug-likeness (QED) is 0.556. The molecule has 0 spiro atoms. The minimum absolute atomic E-state index is 0.0644. The van der Waals surface area contributed by atoms with Crippen LogP contribution in [0.3, 0.4) is 0 Å². The van der Waals surface area contributed by atoms with Gasteiger partial charge in [-0.2, -0.15) is 9.40 Å². The summed E-state index contributed by atoms with van der Waals surface area (Å²) in [4.78, 5) is 13.2. The van der Waals surface area contributed by atoms with Gasteiger partial charge in [0.25, 0.3) is 0 Å². The molecule has 1 aliphatic carbocycles. The summed E-state index contributed by atoms with van der Waals surface area (Å²) in [6.07, 6.45) is 4.43. The summed E-state index contributed by atoms with van der Waals surface area (Å²) in [6, 6.07) is 12.4. The zero-order chi connectivity index (χ0) is 24.1. The number of fused-ring (bicyclic) bond motifs is 2. The maximum Gasteiger partial charge on any atom is 0.243 e. The molecule has 5 rings (SSSR count). The van der Waals surface area contributed by atoms with E-state index in [1.807, 2.05) is 6.08 Å². The number of hydrogen-bond donors (Lipinski definition) is 0. The molecule has 1 fully saturated rings. The molecule has 7 nitrogen and oxygen atoms in total. The van der Waals surface area contributed by atoms with Crippen molar-refractivity contribution in [2.45, 2.75) is 24.7 Å². The second-order valence-corrected chi connectivity index (χ2v) is 10.6. The Balaban J connectivity index is 1.52. The summed E-state index contributed by atoms with van der Waals surface area (Å²) >= 11 is 0. The van der Waals surface area contributed by atoms with Crippen molar-refractivity contribution < 1.29 is 22.3 Å². The number of carbonyl (C=O) groups excluding carboxylic acids is 1. The monoisotopic (exact) mass is 481 g/mol. The lowest BCUT2D eigenvalue weighted by Crippen LogP contribution is -2.52. The number of aromatic nitrogens is 2. The topological polar surface area (TPSA) is 81.5 Å². The maximum absolute atomic E-state index is 13.4. The number of carbonyl (C=O) groups is 1. The average molecular weight is 482 g/mol. The Morgan fingerprint density at radius 3 is 2.65 bits per heavy atom. The lowest BCUT2D eigenvalue weighted by molar-refractivity contribution is -0.125. The van der Waals surface area contributed by atoms with Crippen LogP contribution < -0.4 is 4.74 Å². The van der Waals surface area contributed by atoms with Crippen LogP contribution in [0.15, 0.2) is 65.2 Å². The van der Waals surface area contributed by atoms with Gasteiger partial charge in [-0.05, 0) is 67.8 Å². The van der Waals surface area contributed by atoms with Crippen molar-refractivity contribution in [3.63, 3.8) is 0 Å². The third-order valence-corrected chi connectivity index (χ3v) is 8.65.